The maximum atomic E-state index is 12.4. The van der Waals surface area contributed by atoms with Crippen molar-refractivity contribution in [3.63, 3.8) is 0 Å². The molecule has 1 atom stereocenters. The van der Waals surface area contributed by atoms with E-state index in [1.807, 2.05) is 75.5 Å². The normalized spacial score (nSPS) is 21.5. The van der Waals surface area contributed by atoms with Crippen LogP contribution in [-0.4, -0.2) is 183 Å². The molecule has 9 aromatic rings. The molecule has 3 aliphatic heterocycles. The van der Waals surface area contributed by atoms with Crippen LogP contribution in [0.1, 0.15) is 116 Å². The molecule has 95 heavy (non-hydrogen) atoms. The number of benzene rings is 3. The molecule has 0 bridgehead atoms. The minimum absolute atomic E-state index is 0.0124. The van der Waals surface area contributed by atoms with Gasteiger partial charge in [-0.1, -0.05) is 53.9 Å². The van der Waals surface area contributed by atoms with Gasteiger partial charge >= 0.3 is 0 Å². The molecule has 3 saturated heterocycles. The summed E-state index contributed by atoms with van der Waals surface area (Å²) in [5.74, 6) is 2.11. The first kappa shape index (κ1) is 66.6. The number of amides is 3. The van der Waals surface area contributed by atoms with Gasteiger partial charge in [-0.3, -0.25) is 59.3 Å². The van der Waals surface area contributed by atoms with E-state index in [-0.39, 0.29) is 55.5 Å². The molecule has 0 unspecified atom stereocenters. The van der Waals surface area contributed by atoms with Crippen molar-refractivity contribution in [3.05, 3.63) is 148 Å². The van der Waals surface area contributed by atoms with Crippen LogP contribution in [0.5, 0.6) is 0 Å². The van der Waals surface area contributed by atoms with E-state index in [1.165, 1.54) is 28.9 Å². The predicted octanol–water partition coefficient (Wildman–Crippen LogP) is 8.27. The first-order valence-electron chi connectivity index (χ1n) is 33.8. The fourth-order valence-corrected chi connectivity index (χ4v) is 14.9. The molecule has 2 saturated carbocycles. The molecule has 6 aromatic heterocycles. The number of carbonyl (C=O) groups excluding carboxylic acids is 3. The summed E-state index contributed by atoms with van der Waals surface area (Å²) < 4.78 is 0. The molecule has 23 nitrogen and oxygen atoms in total. The topological polar surface area (TPSA) is 298 Å². The number of rotatable bonds is 22. The van der Waals surface area contributed by atoms with Gasteiger partial charge in [0.25, 0.3) is 0 Å². The minimum Gasteiger partial charge on any atom is -0.385 e. The summed E-state index contributed by atoms with van der Waals surface area (Å²) in [6.07, 6.45) is 18.8. The highest BCUT2D eigenvalue weighted by atomic mass is 32.1. The molecule has 5 fully saturated rings. The number of H-pyrrole nitrogens is 3. The Hall–Kier alpha value is -8.39. The maximum Gasteiger partial charge on any atom is 0.239 e. The molecule has 9 heterocycles. The summed E-state index contributed by atoms with van der Waals surface area (Å²) >= 11 is 1.53. The molecule has 24 heteroatoms. The van der Waals surface area contributed by atoms with Crippen LogP contribution in [0, 0.1) is 27.7 Å². The van der Waals surface area contributed by atoms with Crippen molar-refractivity contribution < 1.29 is 24.6 Å². The zero-order chi connectivity index (χ0) is 66.1. The number of nitrogens with zero attached hydrogens (tertiary/aromatic N) is 9. The SMILES string of the molecule is CC[C@@H](CCCc1ccc(C)nc1)N1CC(NC(=O)CNc2n[nH]c3ccc(C)cc23)C1.Cc1ccc2[nH]nc(NCC(=O)NC3CN(C4CCC(O)(c5cccnc5)CC4)C3)c2c1.Cc1ccc2[nH]nc(NCC(=O)NC3CN(C4CCC(O)(c5cncs5)CC4)C3)c2c1. The third-order valence-corrected chi connectivity index (χ3v) is 20.8. The Morgan fingerprint density at radius 1 is 0.589 bits per heavy atom. The number of aliphatic hydroxyl groups is 2. The van der Waals surface area contributed by atoms with Crippen LogP contribution in [-0.2, 0) is 32.0 Å². The third kappa shape index (κ3) is 16.6. The lowest BCUT2D eigenvalue weighted by molar-refractivity contribution is -0.122. The van der Waals surface area contributed by atoms with Crippen LogP contribution in [0.25, 0.3) is 32.7 Å². The Labute approximate surface area is 558 Å². The van der Waals surface area contributed by atoms with Gasteiger partial charge in [0, 0.05) is 110 Å². The summed E-state index contributed by atoms with van der Waals surface area (Å²) in [7, 11) is 0. The minimum atomic E-state index is -0.760. The number of likely N-dealkylation sites (tertiary alicyclic amines) is 3. The lowest BCUT2D eigenvalue weighted by Gasteiger charge is -2.48. The molecule has 5 aliphatic rings. The summed E-state index contributed by atoms with van der Waals surface area (Å²) in [5, 5.41) is 65.5. The molecule has 502 valence electrons. The second-order valence-electron chi connectivity index (χ2n) is 27.0. The summed E-state index contributed by atoms with van der Waals surface area (Å²) in [5.41, 5.74) is 9.97. The largest absolute Gasteiger partial charge is 0.385 e. The van der Waals surface area contributed by atoms with Crippen molar-refractivity contribution in [1.82, 2.24) is 76.2 Å². The van der Waals surface area contributed by atoms with E-state index in [0.717, 1.165) is 176 Å². The Kier molecular flexibility index (Phi) is 21.1. The van der Waals surface area contributed by atoms with Crippen LogP contribution in [0.15, 0.2) is 109 Å². The van der Waals surface area contributed by atoms with Crippen molar-refractivity contribution >= 4 is 79.2 Å². The number of hydrogen-bond acceptors (Lipinski definition) is 18. The smallest absolute Gasteiger partial charge is 0.239 e. The van der Waals surface area contributed by atoms with Crippen LogP contribution in [0.3, 0.4) is 0 Å². The molecule has 11 N–H and O–H groups in total. The average Bonchev–Trinajstić information content (AvgIpc) is 1.64. The number of aryl methyl sites for hydroxylation is 5. The summed E-state index contributed by atoms with van der Waals surface area (Å²) in [4.78, 5) is 58.2. The van der Waals surface area contributed by atoms with Crippen LogP contribution < -0.4 is 31.9 Å². The van der Waals surface area contributed by atoms with Gasteiger partial charge in [-0.2, -0.15) is 15.3 Å². The van der Waals surface area contributed by atoms with E-state index >= 15 is 0 Å². The maximum absolute atomic E-state index is 12.4. The standard InChI is InChI=1S/C25H34N6O.C24H30N6O2.C22H28N6O2S/c1-4-21(7-5-6-19-10-9-18(3)26-13-19)31-15-20(16-31)28-24(32)14-27-25-22-12-17(2)8-11-23(22)29-30-25;1-16-4-5-21-20(11-16)23(29-28-21)26-13-22(31)27-18-14-30(15-18)19-6-8-24(32,9-7-19)17-3-2-10-25-12-17;1-14-2-3-18-17(8-14)21(27-26-18)24-10-20(29)25-15-11-28(12-15)16-4-6-22(30,7-5-16)19-9-23-13-31-19/h8-13,20-21H,4-7,14-16H2,1-3H3,(H,28,32)(H2,27,29,30);2-5,10-12,18-19,32H,6-9,13-15H2,1H3,(H,27,31)(H2,26,28,29);2-3,8-9,13,15-16,30H,4-7,10-12H2,1H3,(H,25,29)(H2,24,26,27)/t21-;;/m0../s1. The van der Waals surface area contributed by atoms with Gasteiger partial charge in [-0.05, 0) is 159 Å². The fourth-order valence-electron chi connectivity index (χ4n) is 14.2. The highest BCUT2D eigenvalue weighted by Crippen LogP contribution is 2.42. The van der Waals surface area contributed by atoms with Crippen molar-refractivity contribution in [2.45, 2.75) is 159 Å². The molecular weight excluding hydrogens is 1220 g/mol. The van der Waals surface area contributed by atoms with Gasteiger partial charge in [0.2, 0.25) is 17.7 Å². The lowest BCUT2D eigenvalue weighted by atomic mass is 9.77. The van der Waals surface area contributed by atoms with E-state index in [1.54, 1.807) is 24.1 Å². The number of pyridine rings is 2. The molecule has 3 amide bonds. The second-order valence-corrected chi connectivity index (χ2v) is 27.9. The van der Waals surface area contributed by atoms with E-state index in [2.05, 4.69) is 136 Å². The first-order valence-corrected chi connectivity index (χ1v) is 34.7. The summed E-state index contributed by atoms with van der Waals surface area (Å²) in [6.45, 7) is 16.4. The Bertz CT molecular complexity index is 3990. The highest BCUT2D eigenvalue weighted by molar-refractivity contribution is 7.09. The number of thiazole rings is 1. The van der Waals surface area contributed by atoms with Gasteiger partial charge in [0.05, 0.1) is 70.3 Å². The van der Waals surface area contributed by atoms with Crippen LogP contribution in [0.2, 0.25) is 0 Å². The van der Waals surface area contributed by atoms with Gasteiger partial charge in [-0.25, -0.2) is 0 Å². The molecule has 14 rings (SSSR count). The van der Waals surface area contributed by atoms with Gasteiger partial charge in [0.15, 0.2) is 17.5 Å². The Morgan fingerprint density at radius 3 is 1.48 bits per heavy atom. The molecule has 3 aromatic carbocycles. The number of nitrogens with one attached hydrogen (secondary N) is 9. The van der Waals surface area contributed by atoms with E-state index in [9.17, 15) is 24.6 Å². The van der Waals surface area contributed by atoms with Crippen LogP contribution in [0.4, 0.5) is 17.5 Å². The Balaban J connectivity index is 0.000000136. The number of carbonyl (C=O) groups is 3. The van der Waals surface area contributed by atoms with Crippen molar-refractivity contribution in [3.8, 4) is 0 Å². The van der Waals surface area contributed by atoms with E-state index in [0.29, 0.717) is 29.8 Å². The van der Waals surface area contributed by atoms with Crippen molar-refractivity contribution in [2.24, 2.45) is 0 Å². The zero-order valence-electron chi connectivity index (χ0n) is 55.3. The number of aromatic amines is 3. The number of aromatic nitrogens is 9. The summed E-state index contributed by atoms with van der Waals surface area (Å²) in [6, 6.07) is 28.5. The third-order valence-electron chi connectivity index (χ3n) is 19.9. The average molecular weight is 1310 g/mol. The molecule has 0 spiro atoms. The van der Waals surface area contributed by atoms with E-state index < -0.39 is 11.2 Å². The molecular formula is C71H92N18O5S. The highest BCUT2D eigenvalue weighted by Gasteiger charge is 2.43. The Morgan fingerprint density at radius 2 is 1.06 bits per heavy atom. The van der Waals surface area contributed by atoms with Gasteiger partial charge in [-0.15, -0.1) is 11.3 Å². The van der Waals surface area contributed by atoms with Crippen LogP contribution >= 0.6 is 11.3 Å². The van der Waals surface area contributed by atoms with Gasteiger partial charge in [0.1, 0.15) is 5.60 Å². The first-order chi connectivity index (χ1) is 46.0. The fraction of sp³-hybridized carbons (Fsp3) is 0.479. The zero-order valence-corrected chi connectivity index (χ0v) is 56.1. The lowest BCUT2D eigenvalue weighted by Crippen LogP contribution is -2.63. The monoisotopic (exact) mass is 1310 g/mol. The number of fused-ring (bicyclic) bond motifs is 3. The van der Waals surface area contributed by atoms with E-state index in [4.69, 9.17) is 0 Å². The second kappa shape index (κ2) is 30.1. The molecule has 0 radical (unpaired) electrons. The van der Waals surface area contributed by atoms with Gasteiger partial charge < -0.3 is 42.1 Å². The number of anilines is 3. The number of hydrogen-bond donors (Lipinski definition) is 11. The predicted molar refractivity (Wildman–Crippen MR) is 373 cm³/mol. The van der Waals surface area contributed by atoms with Crippen molar-refractivity contribution in [1.29, 1.82) is 0 Å². The van der Waals surface area contributed by atoms with Crippen molar-refractivity contribution in [2.75, 3.05) is 74.9 Å². The quantitative estimate of drug-likeness (QED) is 0.0304. The molecule has 2 aliphatic carbocycles.